The second-order valence-corrected chi connectivity index (χ2v) is 10.8. The van der Waals surface area contributed by atoms with Crippen molar-refractivity contribution < 1.29 is 47.7 Å². The number of hydrogen-bond donors (Lipinski definition) is 1. The van der Waals surface area contributed by atoms with Gasteiger partial charge in [0.1, 0.15) is 17.2 Å². The SMILES string of the molecule is C=CC(=O)OCCCCOc1ccc(/C=C/C(=O)Nc2ccc(OC(=O)/C=C/c3ccc(OCCCCOC(=O)C=C)cc3)cc2C(C)=O)cc1. The highest BCUT2D eigenvalue weighted by atomic mass is 16.5. The number of carbonyl (C=O) groups excluding carboxylic acids is 5. The summed E-state index contributed by atoms with van der Waals surface area (Å²) < 4.78 is 26.6. The predicted octanol–water partition coefficient (Wildman–Crippen LogP) is 6.94. The smallest absolute Gasteiger partial charge is 0.336 e. The minimum absolute atomic E-state index is 0.143. The number of nitrogens with one attached hydrogen (secondary N) is 1. The van der Waals surface area contributed by atoms with Crippen molar-refractivity contribution in [3.05, 3.63) is 121 Å². The Labute approximate surface area is 297 Å². The lowest BCUT2D eigenvalue weighted by Crippen LogP contribution is -2.12. The number of amides is 1. The van der Waals surface area contributed by atoms with Crippen molar-refractivity contribution in [3.8, 4) is 17.2 Å². The molecule has 0 atom stereocenters. The van der Waals surface area contributed by atoms with Gasteiger partial charge in [-0.3, -0.25) is 9.59 Å². The van der Waals surface area contributed by atoms with Crippen molar-refractivity contribution in [2.75, 3.05) is 31.7 Å². The number of benzene rings is 3. The molecule has 11 heteroatoms. The fraction of sp³-hybridized carbons (Fsp3) is 0.225. The average Bonchev–Trinajstić information content (AvgIpc) is 3.13. The number of hydrogen-bond acceptors (Lipinski definition) is 10. The van der Waals surface area contributed by atoms with E-state index >= 15 is 0 Å². The van der Waals surface area contributed by atoms with Crippen LogP contribution in [0.5, 0.6) is 17.2 Å². The topological polar surface area (TPSA) is 144 Å². The molecule has 0 radical (unpaired) electrons. The zero-order valence-electron chi connectivity index (χ0n) is 28.5. The molecule has 0 bridgehead atoms. The van der Waals surface area contributed by atoms with Crippen LogP contribution in [0.25, 0.3) is 12.2 Å². The van der Waals surface area contributed by atoms with Crippen LogP contribution in [-0.4, -0.2) is 56.0 Å². The van der Waals surface area contributed by atoms with Crippen molar-refractivity contribution in [3.63, 3.8) is 0 Å². The highest BCUT2D eigenvalue weighted by Crippen LogP contribution is 2.24. The number of carbonyl (C=O) groups is 5. The normalized spacial score (nSPS) is 10.7. The van der Waals surface area contributed by atoms with Gasteiger partial charge >= 0.3 is 17.9 Å². The molecule has 3 aromatic carbocycles. The van der Waals surface area contributed by atoms with Gasteiger partial charge in [0, 0.05) is 29.9 Å². The lowest BCUT2D eigenvalue weighted by molar-refractivity contribution is -0.138. The third-order valence-corrected chi connectivity index (χ3v) is 6.88. The molecule has 0 aliphatic heterocycles. The van der Waals surface area contributed by atoms with Crippen LogP contribution in [0.15, 0.2) is 104 Å². The molecular formula is C40H41NO10. The lowest BCUT2D eigenvalue weighted by atomic mass is 10.1. The Hall–Kier alpha value is -6.23. The van der Waals surface area contributed by atoms with E-state index in [2.05, 4.69) is 18.5 Å². The molecule has 0 fully saturated rings. The van der Waals surface area contributed by atoms with Crippen LogP contribution in [-0.2, 0) is 28.7 Å². The van der Waals surface area contributed by atoms with E-state index < -0.39 is 23.8 Å². The maximum absolute atomic E-state index is 12.6. The fourth-order valence-corrected chi connectivity index (χ4v) is 4.25. The van der Waals surface area contributed by atoms with Crippen molar-refractivity contribution in [1.82, 2.24) is 0 Å². The van der Waals surface area contributed by atoms with E-state index in [4.69, 9.17) is 23.7 Å². The first-order valence-corrected chi connectivity index (χ1v) is 16.2. The van der Waals surface area contributed by atoms with E-state index in [0.717, 1.165) is 23.3 Å². The summed E-state index contributed by atoms with van der Waals surface area (Å²) in [5.41, 5.74) is 1.96. The van der Waals surface area contributed by atoms with Gasteiger partial charge in [-0.05, 0) is 98.4 Å². The Kier molecular flexibility index (Phi) is 16.7. The van der Waals surface area contributed by atoms with Gasteiger partial charge in [0.25, 0.3) is 0 Å². The van der Waals surface area contributed by atoms with Crippen LogP contribution >= 0.6 is 0 Å². The van der Waals surface area contributed by atoms with Gasteiger partial charge < -0.3 is 29.0 Å². The largest absolute Gasteiger partial charge is 0.494 e. The van der Waals surface area contributed by atoms with Crippen molar-refractivity contribution in [2.45, 2.75) is 32.6 Å². The molecule has 3 rings (SSSR count). The summed E-state index contributed by atoms with van der Waals surface area (Å²) in [6.45, 7) is 9.57. The Morgan fingerprint density at radius 3 is 1.57 bits per heavy atom. The Morgan fingerprint density at radius 2 is 1.08 bits per heavy atom. The van der Waals surface area contributed by atoms with E-state index in [-0.39, 0.29) is 22.8 Å². The summed E-state index contributed by atoms with van der Waals surface area (Å²) in [5.74, 6) is -0.853. The van der Waals surface area contributed by atoms with Crippen molar-refractivity contribution in [1.29, 1.82) is 0 Å². The number of Topliss-reactive ketones (excluding diaryl/α,β-unsaturated/α-hetero) is 1. The summed E-state index contributed by atoms with van der Waals surface area (Å²) in [5, 5.41) is 2.69. The van der Waals surface area contributed by atoms with E-state index in [0.29, 0.717) is 63.6 Å². The standard InChI is InChI=1S/C40H41NO10/c1-4-38(44)49-26-8-6-24-47-32-16-10-30(11-17-32)14-22-37(43)41-36-21-20-34(28-35(36)29(3)42)51-40(46)23-15-31-12-18-33(19-13-31)48-25-7-9-27-50-39(45)5-2/h4-5,10-23,28H,1-2,6-9,24-27H2,3H3,(H,41,43)/b22-14+,23-15+. The summed E-state index contributed by atoms with van der Waals surface area (Å²) in [7, 11) is 0. The van der Waals surface area contributed by atoms with Gasteiger partial charge in [-0.25, -0.2) is 14.4 Å². The number of anilines is 1. The highest BCUT2D eigenvalue weighted by molar-refractivity contribution is 6.08. The maximum atomic E-state index is 12.6. The molecule has 1 amide bonds. The Bertz CT molecular complexity index is 1720. The van der Waals surface area contributed by atoms with Crippen molar-refractivity contribution >= 4 is 47.4 Å². The molecule has 0 saturated heterocycles. The van der Waals surface area contributed by atoms with Crippen LogP contribution in [0.3, 0.4) is 0 Å². The van der Waals surface area contributed by atoms with Crippen LogP contribution in [0.1, 0.15) is 54.1 Å². The summed E-state index contributed by atoms with van der Waals surface area (Å²) in [6.07, 6.45) is 10.8. The molecule has 0 aliphatic rings. The molecule has 0 aliphatic carbocycles. The maximum Gasteiger partial charge on any atom is 0.336 e. The van der Waals surface area contributed by atoms with Gasteiger partial charge in [-0.15, -0.1) is 0 Å². The summed E-state index contributed by atoms with van der Waals surface area (Å²) >= 11 is 0. The Morgan fingerprint density at radius 1 is 0.608 bits per heavy atom. The van der Waals surface area contributed by atoms with Gasteiger partial charge in [0.15, 0.2) is 5.78 Å². The molecular weight excluding hydrogens is 654 g/mol. The molecule has 0 heterocycles. The third kappa shape index (κ3) is 15.2. The summed E-state index contributed by atoms with van der Waals surface area (Å²) in [4.78, 5) is 59.6. The molecule has 11 nitrogen and oxygen atoms in total. The van der Waals surface area contributed by atoms with E-state index in [1.165, 1.54) is 37.3 Å². The second kappa shape index (κ2) is 21.7. The number of unbranched alkanes of at least 4 members (excludes halogenated alkanes) is 2. The fourth-order valence-electron chi connectivity index (χ4n) is 4.25. The minimum atomic E-state index is -0.648. The molecule has 0 unspecified atom stereocenters. The van der Waals surface area contributed by atoms with Crippen LogP contribution in [0.2, 0.25) is 0 Å². The zero-order valence-corrected chi connectivity index (χ0v) is 28.5. The molecule has 1 N–H and O–H groups in total. The van der Waals surface area contributed by atoms with Crippen LogP contribution < -0.4 is 19.5 Å². The predicted molar refractivity (Wildman–Crippen MR) is 193 cm³/mol. The van der Waals surface area contributed by atoms with E-state index in [1.807, 2.05) is 0 Å². The van der Waals surface area contributed by atoms with E-state index in [1.54, 1.807) is 60.7 Å². The zero-order chi connectivity index (χ0) is 36.8. The van der Waals surface area contributed by atoms with Crippen LogP contribution in [0.4, 0.5) is 5.69 Å². The van der Waals surface area contributed by atoms with E-state index in [9.17, 15) is 24.0 Å². The highest BCUT2D eigenvalue weighted by Gasteiger charge is 2.12. The molecule has 0 aromatic heterocycles. The number of rotatable bonds is 21. The summed E-state index contributed by atoms with van der Waals surface area (Å²) in [6, 6.07) is 18.7. The molecule has 266 valence electrons. The first-order valence-electron chi connectivity index (χ1n) is 16.2. The van der Waals surface area contributed by atoms with Gasteiger partial charge in [-0.2, -0.15) is 0 Å². The van der Waals surface area contributed by atoms with Gasteiger partial charge in [0.05, 0.1) is 32.1 Å². The average molecular weight is 696 g/mol. The quantitative estimate of drug-likeness (QED) is 0.0409. The Balaban J connectivity index is 1.44. The monoisotopic (exact) mass is 695 g/mol. The second-order valence-electron chi connectivity index (χ2n) is 10.8. The first kappa shape index (κ1) is 39.2. The van der Waals surface area contributed by atoms with Crippen molar-refractivity contribution in [2.24, 2.45) is 0 Å². The van der Waals surface area contributed by atoms with Crippen LogP contribution in [0, 0.1) is 0 Å². The molecule has 0 saturated carbocycles. The van der Waals surface area contributed by atoms with Gasteiger partial charge in [0.2, 0.25) is 5.91 Å². The molecule has 51 heavy (non-hydrogen) atoms. The third-order valence-electron chi connectivity index (χ3n) is 6.88. The van der Waals surface area contributed by atoms with Gasteiger partial charge in [-0.1, -0.05) is 37.4 Å². The lowest BCUT2D eigenvalue weighted by Gasteiger charge is -2.10. The number of ether oxygens (including phenoxy) is 5. The first-order chi connectivity index (χ1) is 24.7. The number of ketones is 1. The number of esters is 3. The minimum Gasteiger partial charge on any atom is -0.494 e. The molecule has 0 spiro atoms. The molecule has 3 aromatic rings.